The van der Waals surface area contributed by atoms with Crippen molar-refractivity contribution in [2.75, 3.05) is 5.32 Å². The van der Waals surface area contributed by atoms with E-state index in [1.54, 1.807) is 16.7 Å². The van der Waals surface area contributed by atoms with Crippen LogP contribution in [0.1, 0.15) is 32.0 Å². The summed E-state index contributed by atoms with van der Waals surface area (Å²) in [4.78, 5) is 25.5. The van der Waals surface area contributed by atoms with E-state index in [4.69, 9.17) is 16.7 Å². The minimum Gasteiger partial charge on any atom is -0.360 e. The molecule has 0 radical (unpaired) electrons. The van der Waals surface area contributed by atoms with Crippen LogP contribution in [0.25, 0.3) is 11.2 Å². The zero-order valence-corrected chi connectivity index (χ0v) is 16.8. The number of nitrogens with two attached hydrogens (primary N) is 1. The van der Waals surface area contributed by atoms with Gasteiger partial charge in [0.25, 0.3) is 5.56 Å². The maximum atomic E-state index is 12.9. The second-order valence-corrected chi connectivity index (χ2v) is 8.20. The van der Waals surface area contributed by atoms with Gasteiger partial charge in [-0.3, -0.25) is 14.3 Å². The van der Waals surface area contributed by atoms with Gasteiger partial charge in [-0.15, -0.1) is 0 Å². The Kier molecular flexibility index (Phi) is 5.64. The van der Waals surface area contributed by atoms with Crippen LogP contribution in [0.5, 0.6) is 0 Å². The summed E-state index contributed by atoms with van der Waals surface area (Å²) in [6.45, 7) is 4.07. The predicted octanol–water partition coefficient (Wildman–Crippen LogP) is 2.07. The number of nitrogens with zero attached hydrogens (tertiary/aromatic N) is 4. The van der Waals surface area contributed by atoms with E-state index in [1.807, 2.05) is 13.8 Å². The van der Waals surface area contributed by atoms with Crippen LogP contribution in [0.3, 0.4) is 0 Å². The van der Waals surface area contributed by atoms with E-state index in [2.05, 4.69) is 20.3 Å². The number of sulfonamides is 1. The number of rotatable bonds is 6. The van der Waals surface area contributed by atoms with Crippen LogP contribution in [0.15, 0.2) is 40.2 Å². The number of primary sulfonamides is 1. The zero-order valence-electron chi connectivity index (χ0n) is 15.3. The first kappa shape index (κ1) is 20.2. The third-order valence-corrected chi connectivity index (χ3v) is 5.41. The van der Waals surface area contributed by atoms with Crippen molar-refractivity contribution in [3.8, 4) is 0 Å². The zero-order chi connectivity index (χ0) is 20.5. The highest BCUT2D eigenvalue weighted by Gasteiger charge is 2.16. The monoisotopic (exact) mass is 422 g/mol. The van der Waals surface area contributed by atoms with Crippen molar-refractivity contribution >= 4 is 38.6 Å². The molecule has 9 nitrogen and oxygen atoms in total. The summed E-state index contributed by atoms with van der Waals surface area (Å²) in [7, 11) is -3.81. The van der Waals surface area contributed by atoms with Gasteiger partial charge >= 0.3 is 0 Å². The molecule has 0 spiro atoms. The lowest BCUT2D eigenvalue weighted by atomic mass is 10.2. The first-order chi connectivity index (χ1) is 13.2. The highest BCUT2D eigenvalue weighted by molar-refractivity contribution is 7.89. The molecule has 3 aromatic heterocycles. The van der Waals surface area contributed by atoms with Crippen molar-refractivity contribution in [3.63, 3.8) is 0 Å². The smallest absolute Gasteiger partial charge is 0.295 e. The highest BCUT2D eigenvalue weighted by Crippen LogP contribution is 2.19. The fourth-order valence-corrected chi connectivity index (χ4v) is 3.23. The maximum Gasteiger partial charge on any atom is 0.295 e. The Morgan fingerprint density at radius 2 is 2.00 bits per heavy atom. The molecule has 0 fully saturated rings. The van der Waals surface area contributed by atoms with Gasteiger partial charge in [0.2, 0.25) is 10.0 Å². The average Bonchev–Trinajstić information content (AvgIpc) is 2.65. The van der Waals surface area contributed by atoms with E-state index in [0.29, 0.717) is 16.9 Å². The van der Waals surface area contributed by atoms with Crippen molar-refractivity contribution in [3.05, 3.63) is 51.7 Å². The summed E-state index contributed by atoms with van der Waals surface area (Å²) in [5.41, 5.74) is 1.16. The van der Waals surface area contributed by atoms with Gasteiger partial charge < -0.3 is 5.32 Å². The number of anilines is 1. The van der Waals surface area contributed by atoms with Crippen LogP contribution in [-0.4, -0.2) is 27.9 Å². The van der Waals surface area contributed by atoms with Crippen LogP contribution in [-0.2, 0) is 16.6 Å². The average molecular weight is 423 g/mol. The van der Waals surface area contributed by atoms with Gasteiger partial charge in [0.05, 0.1) is 12.2 Å². The molecule has 0 saturated heterocycles. The number of hydrogen-bond donors (Lipinski definition) is 2. The standard InChI is InChI=1S/C17H19ClN6O3S/c1-3-10(2)24-16-13(6-7-14(18)23-16)22-15(17(24)25)21-8-11-4-5-12(9-20-11)28(19,26)27/h4-7,9-10H,3,8H2,1-2H3,(H,21,22)(H2,19,26,27). The largest absolute Gasteiger partial charge is 0.360 e. The van der Waals surface area contributed by atoms with Crippen molar-refractivity contribution in [2.24, 2.45) is 5.14 Å². The van der Waals surface area contributed by atoms with E-state index < -0.39 is 10.0 Å². The lowest BCUT2D eigenvalue weighted by molar-refractivity contribution is 0.527. The van der Waals surface area contributed by atoms with Gasteiger partial charge in [-0.2, -0.15) is 0 Å². The number of pyridine rings is 2. The Morgan fingerprint density at radius 1 is 1.25 bits per heavy atom. The van der Waals surface area contributed by atoms with E-state index in [0.717, 1.165) is 6.42 Å². The number of aromatic nitrogens is 4. The molecule has 1 unspecified atom stereocenters. The highest BCUT2D eigenvalue weighted by atomic mass is 35.5. The molecule has 3 N–H and O–H groups in total. The maximum absolute atomic E-state index is 12.9. The van der Waals surface area contributed by atoms with Crippen LogP contribution >= 0.6 is 11.6 Å². The summed E-state index contributed by atoms with van der Waals surface area (Å²) < 4.78 is 24.2. The molecule has 148 valence electrons. The van der Waals surface area contributed by atoms with Gasteiger partial charge in [-0.1, -0.05) is 18.5 Å². The Balaban J connectivity index is 1.96. The van der Waals surface area contributed by atoms with E-state index >= 15 is 0 Å². The van der Waals surface area contributed by atoms with Gasteiger partial charge in [0.15, 0.2) is 11.5 Å². The van der Waals surface area contributed by atoms with E-state index in [1.165, 1.54) is 18.3 Å². The molecular formula is C17H19ClN6O3S. The lowest BCUT2D eigenvalue weighted by Crippen LogP contribution is -2.28. The van der Waals surface area contributed by atoms with Crippen molar-refractivity contribution in [1.82, 2.24) is 19.5 Å². The fourth-order valence-electron chi connectivity index (χ4n) is 2.63. The van der Waals surface area contributed by atoms with Crippen LogP contribution in [0.2, 0.25) is 5.15 Å². The number of fused-ring (bicyclic) bond motifs is 1. The van der Waals surface area contributed by atoms with Gasteiger partial charge in [-0.25, -0.2) is 23.5 Å². The second-order valence-electron chi connectivity index (χ2n) is 6.25. The Morgan fingerprint density at radius 3 is 2.61 bits per heavy atom. The fraction of sp³-hybridized carbons (Fsp3) is 0.294. The first-order valence-corrected chi connectivity index (χ1v) is 10.4. The molecular weight excluding hydrogens is 404 g/mol. The van der Waals surface area contributed by atoms with Gasteiger partial charge in [-0.05, 0) is 37.6 Å². The number of halogens is 1. The Bertz CT molecular complexity index is 1180. The molecule has 0 saturated carbocycles. The summed E-state index contributed by atoms with van der Waals surface area (Å²) in [6.07, 6.45) is 1.90. The molecule has 11 heteroatoms. The van der Waals surface area contributed by atoms with Gasteiger partial charge in [0, 0.05) is 12.2 Å². The molecule has 0 bridgehead atoms. The molecule has 3 aromatic rings. The molecule has 0 amide bonds. The lowest BCUT2D eigenvalue weighted by Gasteiger charge is -2.17. The van der Waals surface area contributed by atoms with Crippen molar-refractivity contribution in [2.45, 2.75) is 37.8 Å². The molecule has 3 heterocycles. The summed E-state index contributed by atoms with van der Waals surface area (Å²) in [6, 6.07) is 6.09. The SMILES string of the molecule is CCC(C)n1c(=O)c(NCc2ccc(S(N)(=O)=O)cn2)nc2ccc(Cl)nc21. The minimum absolute atomic E-state index is 0.0813. The molecule has 3 rings (SSSR count). The Labute approximate surface area is 166 Å². The summed E-state index contributed by atoms with van der Waals surface area (Å²) in [5, 5.41) is 8.31. The van der Waals surface area contributed by atoms with Crippen LogP contribution < -0.4 is 16.0 Å². The molecule has 28 heavy (non-hydrogen) atoms. The Hall–Kier alpha value is -2.56. The van der Waals surface area contributed by atoms with Crippen LogP contribution in [0.4, 0.5) is 5.82 Å². The normalized spacial score (nSPS) is 12.9. The molecule has 0 aromatic carbocycles. The topological polar surface area (TPSA) is 133 Å². The number of nitrogens with one attached hydrogen (secondary N) is 1. The first-order valence-electron chi connectivity index (χ1n) is 8.51. The summed E-state index contributed by atoms with van der Waals surface area (Å²) >= 11 is 5.99. The molecule has 0 aliphatic rings. The van der Waals surface area contributed by atoms with Crippen molar-refractivity contribution < 1.29 is 8.42 Å². The molecule has 1 atom stereocenters. The second kappa shape index (κ2) is 7.82. The van der Waals surface area contributed by atoms with Gasteiger partial charge in [0.1, 0.15) is 15.6 Å². The van der Waals surface area contributed by atoms with Crippen LogP contribution in [0, 0.1) is 0 Å². The predicted molar refractivity (Wildman–Crippen MR) is 107 cm³/mol. The quantitative estimate of drug-likeness (QED) is 0.581. The third kappa shape index (κ3) is 4.13. The third-order valence-electron chi connectivity index (χ3n) is 4.30. The van der Waals surface area contributed by atoms with E-state index in [9.17, 15) is 13.2 Å². The van der Waals surface area contributed by atoms with E-state index in [-0.39, 0.29) is 34.0 Å². The molecule has 0 aliphatic heterocycles. The summed E-state index contributed by atoms with van der Waals surface area (Å²) in [5.74, 6) is 0.147. The minimum atomic E-state index is -3.81. The molecule has 0 aliphatic carbocycles. The van der Waals surface area contributed by atoms with Crippen molar-refractivity contribution in [1.29, 1.82) is 0 Å². The number of hydrogen-bond acceptors (Lipinski definition) is 7.